The minimum absolute atomic E-state index is 0.269. The van der Waals surface area contributed by atoms with Crippen molar-refractivity contribution in [2.24, 2.45) is 4.99 Å². The highest BCUT2D eigenvalue weighted by molar-refractivity contribution is 8.01. The van der Waals surface area contributed by atoms with Crippen LogP contribution in [-0.4, -0.2) is 40.5 Å². The average Bonchev–Trinajstić information content (AvgIpc) is 3.28. The highest BCUT2D eigenvalue weighted by Gasteiger charge is 2.43. The molecule has 0 unspecified atom stereocenters. The van der Waals surface area contributed by atoms with Crippen LogP contribution < -0.4 is 10.6 Å². The zero-order valence-corrected chi connectivity index (χ0v) is 16.3. The van der Waals surface area contributed by atoms with Crippen LogP contribution in [0, 0.1) is 6.92 Å². The molecule has 140 valence electrons. The highest BCUT2D eigenvalue weighted by atomic mass is 32.2. The van der Waals surface area contributed by atoms with Crippen molar-refractivity contribution in [1.29, 1.82) is 0 Å². The van der Waals surface area contributed by atoms with Crippen LogP contribution in [0.4, 0.5) is 0 Å². The van der Waals surface area contributed by atoms with Crippen molar-refractivity contribution in [2.75, 3.05) is 19.6 Å². The molecule has 7 heteroatoms. The molecule has 0 atom stereocenters. The largest absolute Gasteiger partial charge is 0.357 e. The molecule has 0 saturated heterocycles. The quantitative estimate of drug-likeness (QED) is 0.399. The number of thioether (sulfide) groups is 1. The van der Waals surface area contributed by atoms with Crippen LogP contribution in [0.1, 0.15) is 37.9 Å². The maximum absolute atomic E-state index is 5.14. The normalized spacial score (nSPS) is 15.7. The van der Waals surface area contributed by atoms with Crippen LogP contribution in [-0.2, 0) is 6.42 Å². The second-order valence-corrected chi connectivity index (χ2v) is 8.10. The Hall–Kier alpha value is -2.02. The van der Waals surface area contributed by atoms with E-state index in [1.165, 1.54) is 17.7 Å². The van der Waals surface area contributed by atoms with E-state index < -0.39 is 0 Å². The first-order valence-electron chi connectivity index (χ1n) is 9.24. The van der Waals surface area contributed by atoms with Crippen LogP contribution in [0.15, 0.2) is 44.7 Å². The summed E-state index contributed by atoms with van der Waals surface area (Å²) in [6, 6.07) is 10.6. The van der Waals surface area contributed by atoms with Gasteiger partial charge in [0.25, 0.3) is 0 Å². The molecule has 1 aliphatic rings. The van der Waals surface area contributed by atoms with Crippen LogP contribution in [0.25, 0.3) is 0 Å². The van der Waals surface area contributed by atoms with Crippen LogP contribution >= 0.6 is 11.8 Å². The lowest BCUT2D eigenvalue weighted by atomic mass is 10.3. The van der Waals surface area contributed by atoms with Gasteiger partial charge in [-0.2, -0.15) is 4.98 Å². The Morgan fingerprint density at radius 1 is 1.27 bits per heavy atom. The Morgan fingerprint density at radius 3 is 2.73 bits per heavy atom. The fraction of sp³-hybridized carbons (Fsp3) is 0.526. The highest BCUT2D eigenvalue weighted by Crippen LogP contribution is 2.51. The van der Waals surface area contributed by atoms with E-state index in [1.54, 1.807) is 0 Å². The smallest absolute Gasteiger partial charge is 0.226 e. The summed E-state index contributed by atoms with van der Waals surface area (Å²) in [5, 5.41) is 10.5. The van der Waals surface area contributed by atoms with Gasteiger partial charge < -0.3 is 15.2 Å². The number of nitrogens with zero attached hydrogens (tertiary/aromatic N) is 3. The number of hydrogen-bond donors (Lipinski definition) is 2. The molecule has 1 heterocycles. The molecule has 0 spiro atoms. The number of aromatic nitrogens is 2. The Balaban J connectivity index is 1.45. The fourth-order valence-electron chi connectivity index (χ4n) is 2.62. The standard InChI is InChI=1S/C19H27N5OS/c1-3-20-18(21-13-7-10-17-23-15(2)24-25-17)22-14-19(11-12-19)26-16-8-5-4-6-9-16/h4-6,8-9H,3,7,10-14H2,1-2H3,(H2,20,21,22). The van der Waals surface area contributed by atoms with Gasteiger partial charge in [0.15, 0.2) is 11.8 Å². The van der Waals surface area contributed by atoms with E-state index in [0.29, 0.717) is 11.7 Å². The molecule has 1 aliphatic carbocycles. The van der Waals surface area contributed by atoms with Crippen molar-refractivity contribution in [3.8, 4) is 0 Å². The van der Waals surface area contributed by atoms with Crippen molar-refractivity contribution in [3.05, 3.63) is 42.0 Å². The summed E-state index contributed by atoms with van der Waals surface area (Å²) < 4.78 is 5.41. The molecule has 0 radical (unpaired) electrons. The maximum Gasteiger partial charge on any atom is 0.226 e. The van der Waals surface area contributed by atoms with Gasteiger partial charge in [0.1, 0.15) is 0 Å². The first-order chi connectivity index (χ1) is 12.7. The minimum atomic E-state index is 0.269. The van der Waals surface area contributed by atoms with Crippen molar-refractivity contribution in [1.82, 2.24) is 20.8 Å². The van der Waals surface area contributed by atoms with Crippen molar-refractivity contribution in [3.63, 3.8) is 0 Å². The molecule has 1 aromatic heterocycles. The number of aliphatic imine (C=N–C) groups is 1. The second kappa shape index (κ2) is 9.07. The molecule has 0 aliphatic heterocycles. The van der Waals surface area contributed by atoms with E-state index >= 15 is 0 Å². The minimum Gasteiger partial charge on any atom is -0.357 e. The first-order valence-corrected chi connectivity index (χ1v) is 10.1. The Kier molecular flexibility index (Phi) is 6.55. The third-order valence-electron chi connectivity index (χ3n) is 4.18. The van der Waals surface area contributed by atoms with E-state index in [1.807, 2.05) is 18.7 Å². The molecule has 6 nitrogen and oxygen atoms in total. The lowest BCUT2D eigenvalue weighted by Gasteiger charge is -2.15. The third-order valence-corrected chi connectivity index (χ3v) is 5.66. The number of rotatable bonds is 9. The molecule has 2 N–H and O–H groups in total. The van der Waals surface area contributed by atoms with Crippen molar-refractivity contribution < 1.29 is 4.52 Å². The molecule has 1 saturated carbocycles. The maximum atomic E-state index is 5.14. The summed E-state index contributed by atoms with van der Waals surface area (Å²) in [5.41, 5.74) is 0. The number of aryl methyl sites for hydroxylation is 2. The number of guanidine groups is 1. The molecule has 26 heavy (non-hydrogen) atoms. The topological polar surface area (TPSA) is 75.3 Å². The summed E-state index contributed by atoms with van der Waals surface area (Å²) >= 11 is 1.95. The molecule has 0 amide bonds. The van der Waals surface area contributed by atoms with Gasteiger partial charge in [0.2, 0.25) is 5.89 Å². The van der Waals surface area contributed by atoms with Crippen LogP contribution in [0.2, 0.25) is 0 Å². The summed E-state index contributed by atoms with van der Waals surface area (Å²) in [5.74, 6) is 2.27. The van der Waals surface area contributed by atoms with Crippen molar-refractivity contribution >= 4 is 17.7 Å². The van der Waals surface area contributed by atoms with Gasteiger partial charge in [-0.1, -0.05) is 23.4 Å². The predicted octanol–water partition coefficient (Wildman–Crippen LogP) is 3.19. The van der Waals surface area contributed by atoms with Gasteiger partial charge in [0, 0.05) is 29.2 Å². The summed E-state index contributed by atoms with van der Waals surface area (Å²) in [6.45, 7) is 6.44. The average molecular weight is 374 g/mol. The summed E-state index contributed by atoms with van der Waals surface area (Å²) in [4.78, 5) is 10.4. The number of nitrogens with one attached hydrogen (secondary N) is 2. The molecule has 1 fully saturated rings. The Bertz CT molecular complexity index is 712. The third kappa shape index (κ3) is 5.76. The van der Waals surface area contributed by atoms with E-state index in [9.17, 15) is 0 Å². The van der Waals surface area contributed by atoms with E-state index in [0.717, 1.165) is 38.4 Å². The number of benzene rings is 1. The molecular formula is C19H27N5OS. The molecule has 0 bridgehead atoms. The van der Waals surface area contributed by atoms with E-state index in [-0.39, 0.29) is 4.75 Å². The van der Waals surface area contributed by atoms with Gasteiger partial charge >= 0.3 is 0 Å². The summed E-state index contributed by atoms with van der Waals surface area (Å²) in [7, 11) is 0. The molecule has 2 aromatic rings. The number of hydrogen-bond acceptors (Lipinski definition) is 5. The van der Waals surface area contributed by atoms with Gasteiger partial charge in [-0.05, 0) is 45.2 Å². The molecular weight excluding hydrogens is 346 g/mol. The van der Waals surface area contributed by atoms with Crippen LogP contribution in [0.3, 0.4) is 0 Å². The second-order valence-electron chi connectivity index (χ2n) is 6.56. The predicted molar refractivity (Wildman–Crippen MR) is 106 cm³/mol. The lowest BCUT2D eigenvalue weighted by molar-refractivity contribution is 0.372. The monoisotopic (exact) mass is 373 g/mol. The lowest BCUT2D eigenvalue weighted by Crippen LogP contribution is -2.38. The zero-order valence-electron chi connectivity index (χ0n) is 15.5. The SMILES string of the molecule is CCNC(=NCC1(Sc2ccccc2)CC1)NCCCc1nc(C)no1. The van der Waals surface area contributed by atoms with E-state index in [4.69, 9.17) is 9.52 Å². The molecule has 1 aromatic carbocycles. The first kappa shape index (κ1) is 18.8. The zero-order chi connectivity index (χ0) is 18.2. The van der Waals surface area contributed by atoms with Gasteiger partial charge in [-0.25, -0.2) is 0 Å². The van der Waals surface area contributed by atoms with E-state index in [2.05, 4.69) is 58.0 Å². The molecule has 3 rings (SSSR count). The Morgan fingerprint density at radius 2 is 2.08 bits per heavy atom. The fourth-order valence-corrected chi connectivity index (χ4v) is 3.85. The van der Waals surface area contributed by atoms with Gasteiger partial charge in [0.05, 0.1) is 6.54 Å². The van der Waals surface area contributed by atoms with Gasteiger partial charge in [-0.15, -0.1) is 11.8 Å². The van der Waals surface area contributed by atoms with Crippen LogP contribution in [0.5, 0.6) is 0 Å². The van der Waals surface area contributed by atoms with Gasteiger partial charge in [-0.3, -0.25) is 4.99 Å². The van der Waals surface area contributed by atoms with Crippen molar-refractivity contribution in [2.45, 2.75) is 49.2 Å². The Labute approximate surface area is 159 Å². The summed E-state index contributed by atoms with van der Waals surface area (Å²) in [6.07, 6.45) is 4.16.